The van der Waals surface area contributed by atoms with E-state index in [2.05, 4.69) is 24.9 Å². The van der Waals surface area contributed by atoms with Crippen molar-refractivity contribution in [2.45, 2.75) is 25.7 Å². The molecule has 0 saturated carbocycles. The van der Waals surface area contributed by atoms with Crippen LogP contribution in [0.25, 0.3) is 0 Å². The predicted molar refractivity (Wildman–Crippen MR) is 79.4 cm³/mol. The third kappa shape index (κ3) is 3.00. The van der Waals surface area contributed by atoms with E-state index in [-0.39, 0.29) is 0 Å². The molecule has 3 rings (SSSR count). The van der Waals surface area contributed by atoms with E-state index in [4.69, 9.17) is 0 Å². The Balaban J connectivity index is 1.62. The van der Waals surface area contributed by atoms with Crippen LogP contribution in [0.3, 0.4) is 0 Å². The van der Waals surface area contributed by atoms with Gasteiger partial charge in [-0.2, -0.15) is 0 Å². The lowest BCUT2D eigenvalue weighted by Crippen LogP contribution is -2.46. The van der Waals surface area contributed by atoms with Gasteiger partial charge in [0.25, 0.3) is 0 Å². The Labute approximate surface area is 124 Å². The molecule has 2 aliphatic heterocycles. The zero-order valence-electron chi connectivity index (χ0n) is 12.5. The molecule has 0 unspecified atom stereocenters. The van der Waals surface area contributed by atoms with Crippen molar-refractivity contribution in [2.24, 2.45) is 5.41 Å². The average Bonchev–Trinajstić information content (AvgIpc) is 2.56. The van der Waals surface area contributed by atoms with Crippen LogP contribution in [0.2, 0.25) is 0 Å². The molecule has 2 aliphatic rings. The SMILES string of the molecule is COC(=O)c1cnc(N2CCC3(CCNCC3)CC2)nc1. The molecule has 0 aliphatic carbocycles. The van der Waals surface area contributed by atoms with Gasteiger partial charge < -0.3 is 15.0 Å². The molecule has 1 aromatic heterocycles. The maximum absolute atomic E-state index is 11.4. The van der Waals surface area contributed by atoms with Gasteiger partial charge in [-0.15, -0.1) is 0 Å². The standard InChI is InChI=1S/C15H22N4O2/c1-21-13(20)12-10-17-14(18-11-12)19-8-4-15(5-9-19)2-6-16-7-3-15/h10-11,16H,2-9H2,1H3. The van der Waals surface area contributed by atoms with Gasteiger partial charge in [-0.1, -0.05) is 0 Å². The molecule has 3 heterocycles. The third-order valence-corrected chi connectivity index (χ3v) is 4.83. The number of ether oxygens (including phenoxy) is 1. The molecular formula is C15H22N4O2. The van der Waals surface area contributed by atoms with Gasteiger partial charge in [0, 0.05) is 25.5 Å². The Morgan fingerprint density at radius 1 is 1.19 bits per heavy atom. The highest BCUT2D eigenvalue weighted by Crippen LogP contribution is 2.39. The first-order chi connectivity index (χ1) is 10.2. The van der Waals surface area contributed by atoms with Crippen LogP contribution in [-0.4, -0.2) is 49.2 Å². The molecule has 6 heteroatoms. The van der Waals surface area contributed by atoms with Crippen molar-refractivity contribution in [2.75, 3.05) is 38.2 Å². The maximum atomic E-state index is 11.4. The van der Waals surface area contributed by atoms with Gasteiger partial charge >= 0.3 is 5.97 Å². The molecule has 0 atom stereocenters. The number of aromatic nitrogens is 2. The first-order valence-electron chi connectivity index (χ1n) is 7.58. The van der Waals surface area contributed by atoms with Crippen LogP contribution in [0.15, 0.2) is 12.4 Å². The van der Waals surface area contributed by atoms with E-state index in [1.54, 1.807) is 12.4 Å². The molecule has 6 nitrogen and oxygen atoms in total. The second-order valence-corrected chi connectivity index (χ2v) is 6.00. The van der Waals surface area contributed by atoms with E-state index in [1.807, 2.05) is 0 Å². The highest BCUT2D eigenvalue weighted by atomic mass is 16.5. The summed E-state index contributed by atoms with van der Waals surface area (Å²) in [6.07, 6.45) is 8.06. The lowest BCUT2D eigenvalue weighted by molar-refractivity contribution is 0.0600. The minimum atomic E-state index is -0.395. The molecule has 2 fully saturated rings. The first-order valence-corrected chi connectivity index (χ1v) is 7.58. The number of nitrogens with zero attached hydrogens (tertiary/aromatic N) is 3. The van der Waals surface area contributed by atoms with Gasteiger partial charge in [0.1, 0.15) is 0 Å². The number of hydrogen-bond donors (Lipinski definition) is 1. The summed E-state index contributed by atoms with van der Waals surface area (Å²) in [5.74, 6) is 0.320. The number of esters is 1. The van der Waals surface area contributed by atoms with Gasteiger partial charge in [-0.25, -0.2) is 14.8 Å². The molecule has 2 saturated heterocycles. The van der Waals surface area contributed by atoms with Crippen LogP contribution in [0.5, 0.6) is 0 Å². The number of rotatable bonds is 2. The lowest BCUT2D eigenvalue weighted by Gasteiger charge is -2.44. The molecule has 1 spiro atoms. The van der Waals surface area contributed by atoms with Crippen molar-refractivity contribution >= 4 is 11.9 Å². The van der Waals surface area contributed by atoms with Gasteiger partial charge in [0.15, 0.2) is 0 Å². The van der Waals surface area contributed by atoms with Crippen molar-refractivity contribution in [3.63, 3.8) is 0 Å². The van der Waals surface area contributed by atoms with Crippen LogP contribution in [0.4, 0.5) is 5.95 Å². The molecule has 114 valence electrons. The van der Waals surface area contributed by atoms with Crippen molar-refractivity contribution in [1.29, 1.82) is 0 Å². The molecule has 1 aromatic rings. The van der Waals surface area contributed by atoms with Crippen LogP contribution < -0.4 is 10.2 Å². The molecular weight excluding hydrogens is 268 g/mol. The van der Waals surface area contributed by atoms with Crippen molar-refractivity contribution < 1.29 is 9.53 Å². The monoisotopic (exact) mass is 290 g/mol. The quantitative estimate of drug-likeness (QED) is 0.826. The number of hydrogen-bond acceptors (Lipinski definition) is 6. The Morgan fingerprint density at radius 2 is 1.81 bits per heavy atom. The second kappa shape index (κ2) is 5.97. The number of carbonyl (C=O) groups is 1. The fraction of sp³-hybridized carbons (Fsp3) is 0.667. The Bertz CT molecular complexity index is 487. The first kappa shape index (κ1) is 14.3. The minimum absolute atomic E-state index is 0.395. The number of methoxy groups -OCH3 is 1. The highest BCUT2D eigenvalue weighted by Gasteiger charge is 2.36. The van der Waals surface area contributed by atoms with E-state index in [0.29, 0.717) is 16.9 Å². The Kier molecular flexibility index (Phi) is 4.05. The van der Waals surface area contributed by atoms with Gasteiger partial charge in [-0.3, -0.25) is 0 Å². The van der Waals surface area contributed by atoms with Gasteiger partial charge in [0.2, 0.25) is 5.95 Å². The van der Waals surface area contributed by atoms with Gasteiger partial charge in [-0.05, 0) is 44.2 Å². The predicted octanol–water partition coefficient (Wildman–Crippen LogP) is 1.23. The highest BCUT2D eigenvalue weighted by molar-refractivity contribution is 5.88. The third-order valence-electron chi connectivity index (χ3n) is 4.83. The largest absolute Gasteiger partial charge is 0.465 e. The summed E-state index contributed by atoms with van der Waals surface area (Å²) in [4.78, 5) is 22.2. The molecule has 1 N–H and O–H groups in total. The summed E-state index contributed by atoms with van der Waals surface area (Å²) < 4.78 is 4.66. The molecule has 0 aromatic carbocycles. The molecule has 21 heavy (non-hydrogen) atoms. The van der Waals surface area contributed by atoms with Crippen LogP contribution in [-0.2, 0) is 4.74 Å². The fourth-order valence-electron chi connectivity index (χ4n) is 3.35. The Morgan fingerprint density at radius 3 is 2.38 bits per heavy atom. The molecule has 0 amide bonds. The summed E-state index contributed by atoms with van der Waals surface area (Å²) in [7, 11) is 1.36. The number of carbonyl (C=O) groups excluding carboxylic acids is 1. The van der Waals surface area contributed by atoms with Crippen molar-refractivity contribution in [1.82, 2.24) is 15.3 Å². The minimum Gasteiger partial charge on any atom is -0.465 e. The molecule has 0 radical (unpaired) electrons. The Hall–Kier alpha value is -1.69. The molecule has 0 bridgehead atoms. The topological polar surface area (TPSA) is 67.3 Å². The summed E-state index contributed by atoms with van der Waals surface area (Å²) >= 11 is 0. The summed E-state index contributed by atoms with van der Waals surface area (Å²) in [6, 6.07) is 0. The average molecular weight is 290 g/mol. The van der Waals surface area contributed by atoms with Crippen LogP contribution in [0.1, 0.15) is 36.0 Å². The normalized spacial score (nSPS) is 21.3. The maximum Gasteiger partial charge on any atom is 0.341 e. The fourth-order valence-corrected chi connectivity index (χ4v) is 3.35. The number of nitrogens with one attached hydrogen (secondary N) is 1. The van der Waals surface area contributed by atoms with E-state index < -0.39 is 5.97 Å². The smallest absolute Gasteiger partial charge is 0.341 e. The summed E-state index contributed by atoms with van der Waals surface area (Å²) in [5.41, 5.74) is 0.918. The van der Waals surface area contributed by atoms with Crippen molar-refractivity contribution in [3.05, 3.63) is 18.0 Å². The zero-order valence-corrected chi connectivity index (χ0v) is 12.5. The van der Waals surface area contributed by atoms with Crippen LogP contribution in [0, 0.1) is 5.41 Å². The van der Waals surface area contributed by atoms with Crippen molar-refractivity contribution in [3.8, 4) is 0 Å². The lowest BCUT2D eigenvalue weighted by atomic mass is 9.72. The summed E-state index contributed by atoms with van der Waals surface area (Å²) in [6.45, 7) is 4.28. The van der Waals surface area contributed by atoms with E-state index in [1.165, 1.54) is 32.8 Å². The van der Waals surface area contributed by atoms with Gasteiger partial charge in [0.05, 0.1) is 12.7 Å². The zero-order chi connectivity index (χ0) is 14.7. The number of anilines is 1. The van der Waals surface area contributed by atoms with Crippen LogP contribution >= 0.6 is 0 Å². The number of piperidine rings is 2. The second-order valence-electron chi connectivity index (χ2n) is 6.00. The van der Waals surface area contributed by atoms with E-state index in [9.17, 15) is 4.79 Å². The summed E-state index contributed by atoms with van der Waals surface area (Å²) in [5, 5.41) is 3.44. The van der Waals surface area contributed by atoms with E-state index >= 15 is 0 Å². The van der Waals surface area contributed by atoms with E-state index in [0.717, 1.165) is 26.2 Å².